The number of ether oxygens (including phenoxy) is 1. The lowest BCUT2D eigenvalue weighted by Crippen LogP contribution is -2.29. The molecule has 1 aliphatic heterocycles. The third kappa shape index (κ3) is 2.09. The molecule has 70 valence electrons. The summed E-state index contributed by atoms with van der Waals surface area (Å²) >= 11 is 3.35. The molecule has 0 saturated carbocycles. The van der Waals surface area contributed by atoms with Gasteiger partial charge in [0.05, 0.1) is 13.2 Å². The van der Waals surface area contributed by atoms with Gasteiger partial charge in [0.25, 0.3) is 0 Å². The van der Waals surface area contributed by atoms with Crippen molar-refractivity contribution >= 4 is 15.9 Å². The molecule has 1 saturated heterocycles. The van der Waals surface area contributed by atoms with E-state index in [9.17, 15) is 4.39 Å². The lowest BCUT2D eigenvalue weighted by molar-refractivity contribution is -0.0313. The predicted octanol–water partition coefficient (Wildman–Crippen LogP) is 2.78. The zero-order chi connectivity index (χ0) is 9.26. The summed E-state index contributed by atoms with van der Waals surface area (Å²) < 4.78 is 18.7. The van der Waals surface area contributed by atoms with Crippen molar-refractivity contribution in [2.75, 3.05) is 13.2 Å². The Kier molecular flexibility index (Phi) is 2.65. The smallest absolute Gasteiger partial charge is 0.124 e. The van der Waals surface area contributed by atoms with Crippen molar-refractivity contribution in [3.05, 3.63) is 34.1 Å². The van der Waals surface area contributed by atoms with Gasteiger partial charge in [-0.15, -0.1) is 0 Å². The number of hydrogen-bond donors (Lipinski definition) is 0. The number of hydrogen-bond acceptors (Lipinski definition) is 1. The molecule has 1 aromatic carbocycles. The Morgan fingerprint density at radius 1 is 1.46 bits per heavy atom. The first-order valence-corrected chi connectivity index (χ1v) is 5.06. The molecule has 1 nitrogen and oxygen atoms in total. The van der Waals surface area contributed by atoms with Crippen molar-refractivity contribution in [2.45, 2.75) is 6.42 Å². The molecule has 2 rings (SSSR count). The lowest BCUT2D eigenvalue weighted by Gasteiger charge is -2.26. The zero-order valence-corrected chi connectivity index (χ0v) is 8.68. The minimum absolute atomic E-state index is 0.194. The van der Waals surface area contributed by atoms with Gasteiger partial charge in [-0.2, -0.15) is 0 Å². The summed E-state index contributed by atoms with van der Waals surface area (Å²) in [6, 6.07) is 4.84. The highest BCUT2D eigenvalue weighted by atomic mass is 79.9. The molecule has 0 aromatic heterocycles. The topological polar surface area (TPSA) is 9.23 Å². The first-order valence-electron chi connectivity index (χ1n) is 4.27. The Hall–Kier alpha value is -0.410. The van der Waals surface area contributed by atoms with Gasteiger partial charge in [-0.25, -0.2) is 4.39 Å². The van der Waals surface area contributed by atoms with Crippen molar-refractivity contribution < 1.29 is 9.13 Å². The Morgan fingerprint density at radius 2 is 2.23 bits per heavy atom. The molecule has 0 aliphatic carbocycles. The monoisotopic (exact) mass is 244 g/mol. The van der Waals surface area contributed by atoms with Crippen molar-refractivity contribution in [1.82, 2.24) is 0 Å². The van der Waals surface area contributed by atoms with Crippen LogP contribution in [0.5, 0.6) is 0 Å². The first kappa shape index (κ1) is 9.16. The molecule has 1 heterocycles. The normalized spacial score (nSPS) is 17.1. The van der Waals surface area contributed by atoms with Crippen LogP contribution in [0.25, 0.3) is 0 Å². The maximum atomic E-state index is 12.7. The molecule has 0 bridgehead atoms. The molecule has 0 radical (unpaired) electrons. The summed E-state index contributed by atoms with van der Waals surface area (Å²) in [7, 11) is 0. The Morgan fingerprint density at radius 3 is 2.77 bits per heavy atom. The molecule has 1 fully saturated rings. The summed E-state index contributed by atoms with van der Waals surface area (Å²) in [6.45, 7) is 1.67. The molecule has 0 amide bonds. The van der Waals surface area contributed by atoms with Gasteiger partial charge in [0, 0.05) is 10.4 Å². The fourth-order valence-electron chi connectivity index (χ4n) is 1.40. The highest BCUT2D eigenvalue weighted by Gasteiger charge is 2.19. The quantitative estimate of drug-likeness (QED) is 0.778. The summed E-state index contributed by atoms with van der Waals surface area (Å²) in [5.41, 5.74) is 1.16. The summed E-state index contributed by atoms with van der Waals surface area (Å²) in [5, 5.41) is 0. The molecule has 13 heavy (non-hydrogen) atoms. The molecule has 1 aliphatic rings. The fraction of sp³-hybridized carbons (Fsp3) is 0.400. The molecular weight excluding hydrogens is 235 g/mol. The third-order valence-electron chi connectivity index (χ3n) is 2.23. The van der Waals surface area contributed by atoms with Crippen LogP contribution in [0.3, 0.4) is 0 Å². The second-order valence-corrected chi connectivity index (χ2v) is 4.20. The van der Waals surface area contributed by atoms with Crippen LogP contribution in [0.2, 0.25) is 0 Å². The van der Waals surface area contributed by atoms with Gasteiger partial charge in [0.15, 0.2) is 0 Å². The van der Waals surface area contributed by atoms with Crippen LogP contribution in [0.4, 0.5) is 4.39 Å². The second kappa shape index (κ2) is 3.76. The van der Waals surface area contributed by atoms with E-state index < -0.39 is 0 Å². The van der Waals surface area contributed by atoms with Gasteiger partial charge in [-0.3, -0.25) is 0 Å². The molecule has 0 N–H and O–H groups in total. The SMILES string of the molecule is Fc1ccc(CC2COC2)c(Br)c1. The van der Waals surface area contributed by atoms with Crippen LogP contribution in [0.15, 0.2) is 22.7 Å². The van der Waals surface area contributed by atoms with Gasteiger partial charge in [0.2, 0.25) is 0 Å². The van der Waals surface area contributed by atoms with E-state index in [1.165, 1.54) is 12.1 Å². The van der Waals surface area contributed by atoms with Crippen LogP contribution < -0.4 is 0 Å². The second-order valence-electron chi connectivity index (χ2n) is 3.34. The van der Waals surface area contributed by atoms with Crippen LogP contribution in [0.1, 0.15) is 5.56 Å². The van der Waals surface area contributed by atoms with Crippen LogP contribution in [-0.2, 0) is 11.2 Å². The average molecular weight is 245 g/mol. The van der Waals surface area contributed by atoms with E-state index in [-0.39, 0.29) is 5.82 Å². The number of rotatable bonds is 2. The fourth-order valence-corrected chi connectivity index (χ4v) is 1.91. The molecule has 0 atom stereocenters. The highest BCUT2D eigenvalue weighted by molar-refractivity contribution is 9.10. The number of halogens is 2. The van der Waals surface area contributed by atoms with Gasteiger partial charge in [-0.05, 0) is 24.1 Å². The zero-order valence-electron chi connectivity index (χ0n) is 7.09. The largest absolute Gasteiger partial charge is 0.381 e. The maximum absolute atomic E-state index is 12.7. The Balaban J connectivity index is 2.10. The third-order valence-corrected chi connectivity index (χ3v) is 2.97. The van der Waals surface area contributed by atoms with E-state index in [4.69, 9.17) is 4.74 Å². The van der Waals surface area contributed by atoms with Crippen LogP contribution in [-0.4, -0.2) is 13.2 Å². The molecule has 1 aromatic rings. The summed E-state index contributed by atoms with van der Waals surface area (Å²) in [5.74, 6) is 0.419. The summed E-state index contributed by atoms with van der Waals surface area (Å²) in [6.07, 6.45) is 0.973. The van der Waals surface area contributed by atoms with Crippen molar-refractivity contribution in [3.63, 3.8) is 0 Å². The van der Waals surface area contributed by atoms with Crippen LogP contribution in [0, 0.1) is 11.7 Å². The van der Waals surface area contributed by atoms with Crippen LogP contribution >= 0.6 is 15.9 Å². The van der Waals surface area contributed by atoms with Crippen molar-refractivity contribution in [2.24, 2.45) is 5.92 Å². The Bertz CT molecular complexity index is 310. The van der Waals surface area contributed by atoms with E-state index in [1.54, 1.807) is 0 Å². The van der Waals surface area contributed by atoms with Gasteiger partial charge in [0.1, 0.15) is 5.82 Å². The summed E-state index contributed by atoms with van der Waals surface area (Å²) in [4.78, 5) is 0. The lowest BCUT2D eigenvalue weighted by atomic mass is 9.98. The molecule has 0 unspecified atom stereocenters. The number of benzene rings is 1. The minimum Gasteiger partial charge on any atom is -0.381 e. The van der Waals surface area contributed by atoms with E-state index in [1.807, 2.05) is 6.07 Å². The maximum Gasteiger partial charge on any atom is 0.124 e. The molecular formula is C10H10BrFO. The van der Waals surface area contributed by atoms with Gasteiger partial charge in [-0.1, -0.05) is 22.0 Å². The first-order chi connectivity index (χ1) is 6.25. The standard InChI is InChI=1S/C10H10BrFO/c11-10-4-9(12)2-1-8(10)3-7-5-13-6-7/h1-2,4,7H,3,5-6H2. The van der Waals surface area contributed by atoms with E-state index >= 15 is 0 Å². The minimum atomic E-state index is -0.194. The molecule has 0 spiro atoms. The molecule has 3 heteroatoms. The highest BCUT2D eigenvalue weighted by Crippen LogP contribution is 2.23. The van der Waals surface area contributed by atoms with E-state index in [0.717, 1.165) is 29.7 Å². The van der Waals surface area contributed by atoms with E-state index in [2.05, 4.69) is 15.9 Å². The van der Waals surface area contributed by atoms with Gasteiger partial charge >= 0.3 is 0 Å². The Labute approximate surface area is 85.0 Å². The van der Waals surface area contributed by atoms with Crippen molar-refractivity contribution in [1.29, 1.82) is 0 Å². The predicted molar refractivity (Wildman–Crippen MR) is 52.1 cm³/mol. The van der Waals surface area contributed by atoms with E-state index in [0.29, 0.717) is 5.92 Å². The average Bonchev–Trinajstić information content (AvgIpc) is 1.99. The van der Waals surface area contributed by atoms with Gasteiger partial charge < -0.3 is 4.74 Å². The van der Waals surface area contributed by atoms with Crippen molar-refractivity contribution in [3.8, 4) is 0 Å².